The van der Waals surface area contributed by atoms with Crippen molar-refractivity contribution in [2.45, 2.75) is 25.7 Å². The average Bonchev–Trinajstić information content (AvgIpc) is 2.16. The van der Waals surface area contributed by atoms with Crippen molar-refractivity contribution in [2.75, 3.05) is 6.61 Å². The lowest BCUT2D eigenvalue weighted by Crippen LogP contribution is -2.24. The zero-order valence-electron chi connectivity index (χ0n) is 8.60. The van der Waals surface area contributed by atoms with E-state index in [-0.39, 0.29) is 12.2 Å². The molecule has 1 aromatic rings. The fourth-order valence-corrected chi connectivity index (χ4v) is 1.43. The molecule has 0 amide bonds. The molecule has 0 spiro atoms. The third-order valence-corrected chi connectivity index (χ3v) is 2.40. The molecule has 0 aliphatic heterocycles. The summed E-state index contributed by atoms with van der Waals surface area (Å²) in [6.45, 7) is 2.87. The number of benzene rings is 1. The van der Waals surface area contributed by atoms with E-state index in [0.29, 0.717) is 0 Å². The van der Waals surface area contributed by atoms with Crippen LogP contribution in [0.2, 0.25) is 0 Å². The second kappa shape index (κ2) is 4.23. The van der Waals surface area contributed by atoms with E-state index in [1.165, 1.54) is 12.1 Å². The predicted molar refractivity (Wildman–Crippen MR) is 51.5 cm³/mol. The van der Waals surface area contributed by atoms with Crippen molar-refractivity contribution in [3.8, 4) is 0 Å². The highest BCUT2D eigenvalue weighted by Gasteiger charge is 2.28. The SMILES string of the molecule is CC(C)(CO)c1cccc(F)c1C(F)F. The molecule has 0 aliphatic carbocycles. The van der Waals surface area contributed by atoms with Crippen LogP contribution in [0.5, 0.6) is 0 Å². The zero-order valence-corrected chi connectivity index (χ0v) is 8.60. The van der Waals surface area contributed by atoms with Crippen LogP contribution >= 0.6 is 0 Å². The van der Waals surface area contributed by atoms with Gasteiger partial charge in [-0.3, -0.25) is 0 Å². The van der Waals surface area contributed by atoms with Crippen LogP contribution in [0.1, 0.15) is 31.4 Å². The summed E-state index contributed by atoms with van der Waals surface area (Å²) in [7, 11) is 0. The Morgan fingerprint density at radius 2 is 1.93 bits per heavy atom. The molecule has 4 heteroatoms. The van der Waals surface area contributed by atoms with E-state index in [2.05, 4.69) is 0 Å². The smallest absolute Gasteiger partial charge is 0.266 e. The monoisotopic (exact) mass is 218 g/mol. The van der Waals surface area contributed by atoms with Crippen LogP contribution in [-0.4, -0.2) is 11.7 Å². The van der Waals surface area contributed by atoms with Crippen LogP contribution in [0.3, 0.4) is 0 Å². The van der Waals surface area contributed by atoms with Crippen molar-refractivity contribution >= 4 is 0 Å². The lowest BCUT2D eigenvalue weighted by molar-refractivity contribution is 0.140. The molecule has 0 bridgehead atoms. The molecule has 15 heavy (non-hydrogen) atoms. The van der Waals surface area contributed by atoms with Crippen molar-refractivity contribution < 1.29 is 18.3 Å². The van der Waals surface area contributed by atoms with Gasteiger partial charge in [-0.1, -0.05) is 26.0 Å². The number of hydrogen-bond acceptors (Lipinski definition) is 1. The van der Waals surface area contributed by atoms with Crippen molar-refractivity contribution in [1.82, 2.24) is 0 Å². The molecule has 0 atom stereocenters. The first-order valence-corrected chi connectivity index (χ1v) is 4.58. The van der Waals surface area contributed by atoms with Gasteiger partial charge in [0.15, 0.2) is 0 Å². The van der Waals surface area contributed by atoms with Crippen molar-refractivity contribution in [1.29, 1.82) is 0 Å². The number of alkyl halides is 2. The minimum Gasteiger partial charge on any atom is -0.395 e. The maximum Gasteiger partial charge on any atom is 0.266 e. The molecule has 1 aromatic carbocycles. The molecule has 0 aliphatic rings. The standard InChI is InChI=1S/C11H13F3O/c1-11(2,6-15)7-4-3-5-8(12)9(7)10(13)14/h3-5,10,15H,6H2,1-2H3. The first-order valence-electron chi connectivity index (χ1n) is 4.58. The summed E-state index contributed by atoms with van der Waals surface area (Å²) in [6.07, 6.45) is -2.87. The maximum atomic E-state index is 13.2. The van der Waals surface area contributed by atoms with E-state index in [0.717, 1.165) is 6.07 Å². The molecule has 0 unspecified atom stereocenters. The summed E-state index contributed by atoms with van der Waals surface area (Å²) in [5.41, 5.74) is -1.33. The molecule has 0 saturated carbocycles. The van der Waals surface area contributed by atoms with Crippen LogP contribution in [0.25, 0.3) is 0 Å². The Balaban J connectivity index is 3.35. The third kappa shape index (κ3) is 2.31. The Morgan fingerprint density at radius 1 is 1.33 bits per heavy atom. The summed E-state index contributed by atoms with van der Waals surface area (Å²) in [6, 6.07) is 3.78. The highest BCUT2D eigenvalue weighted by atomic mass is 19.3. The van der Waals surface area contributed by atoms with Crippen LogP contribution in [0, 0.1) is 5.82 Å². The van der Waals surface area contributed by atoms with Gasteiger partial charge in [0.1, 0.15) is 5.82 Å². The number of rotatable bonds is 3. The van der Waals surface area contributed by atoms with E-state index in [1.807, 2.05) is 0 Å². The lowest BCUT2D eigenvalue weighted by atomic mass is 9.82. The molecule has 0 saturated heterocycles. The average molecular weight is 218 g/mol. The number of aliphatic hydroxyl groups is 1. The molecular formula is C11H13F3O. The predicted octanol–water partition coefficient (Wildman–Crippen LogP) is 3.03. The summed E-state index contributed by atoms with van der Waals surface area (Å²) >= 11 is 0. The van der Waals surface area contributed by atoms with Gasteiger partial charge in [0.05, 0.1) is 12.2 Å². The first-order chi connectivity index (χ1) is 6.90. The van der Waals surface area contributed by atoms with Gasteiger partial charge in [-0.2, -0.15) is 0 Å². The summed E-state index contributed by atoms with van der Waals surface area (Å²) in [4.78, 5) is 0. The molecule has 84 valence electrons. The van der Waals surface area contributed by atoms with E-state index in [4.69, 9.17) is 5.11 Å². The van der Waals surface area contributed by atoms with Crippen LogP contribution in [-0.2, 0) is 5.41 Å². The van der Waals surface area contributed by atoms with Crippen LogP contribution in [0.15, 0.2) is 18.2 Å². The summed E-state index contributed by atoms with van der Waals surface area (Å²) < 4.78 is 38.5. The minimum absolute atomic E-state index is 0.153. The lowest BCUT2D eigenvalue weighted by Gasteiger charge is -2.25. The van der Waals surface area contributed by atoms with Crippen molar-refractivity contribution in [2.24, 2.45) is 0 Å². The Hall–Kier alpha value is -1.03. The fraction of sp³-hybridized carbons (Fsp3) is 0.455. The number of hydrogen-bond donors (Lipinski definition) is 1. The molecule has 0 aromatic heterocycles. The normalized spacial score (nSPS) is 12.2. The van der Waals surface area contributed by atoms with Gasteiger partial charge < -0.3 is 5.11 Å². The molecule has 0 radical (unpaired) electrons. The topological polar surface area (TPSA) is 20.2 Å². The summed E-state index contributed by atoms with van der Waals surface area (Å²) in [5.74, 6) is -0.927. The maximum absolute atomic E-state index is 13.2. The first kappa shape index (κ1) is 12.0. The Labute approximate surface area is 86.5 Å². The van der Waals surface area contributed by atoms with E-state index in [9.17, 15) is 13.2 Å². The molecule has 0 fully saturated rings. The largest absolute Gasteiger partial charge is 0.395 e. The summed E-state index contributed by atoms with van der Waals surface area (Å²) in [5, 5.41) is 9.08. The molecule has 1 N–H and O–H groups in total. The van der Waals surface area contributed by atoms with E-state index < -0.39 is 23.2 Å². The highest BCUT2D eigenvalue weighted by Crippen LogP contribution is 2.33. The second-order valence-corrected chi connectivity index (χ2v) is 4.04. The van der Waals surface area contributed by atoms with Crippen LogP contribution in [0.4, 0.5) is 13.2 Å². The zero-order chi connectivity index (χ0) is 11.6. The molecule has 0 heterocycles. The highest BCUT2D eigenvalue weighted by molar-refractivity contribution is 5.35. The number of aliphatic hydroxyl groups excluding tert-OH is 1. The van der Waals surface area contributed by atoms with Gasteiger partial charge in [-0.15, -0.1) is 0 Å². The van der Waals surface area contributed by atoms with Gasteiger partial charge in [0, 0.05) is 5.41 Å². The van der Waals surface area contributed by atoms with Crippen molar-refractivity contribution in [3.63, 3.8) is 0 Å². The molecule has 1 rings (SSSR count). The third-order valence-electron chi connectivity index (χ3n) is 2.40. The second-order valence-electron chi connectivity index (χ2n) is 4.04. The van der Waals surface area contributed by atoms with Gasteiger partial charge in [-0.05, 0) is 11.6 Å². The molecular weight excluding hydrogens is 205 g/mol. The Kier molecular flexibility index (Phi) is 3.39. The quantitative estimate of drug-likeness (QED) is 0.826. The van der Waals surface area contributed by atoms with Crippen LogP contribution < -0.4 is 0 Å². The van der Waals surface area contributed by atoms with Gasteiger partial charge in [0.25, 0.3) is 6.43 Å². The van der Waals surface area contributed by atoms with E-state index >= 15 is 0 Å². The minimum atomic E-state index is -2.87. The Morgan fingerprint density at radius 3 is 2.40 bits per heavy atom. The van der Waals surface area contributed by atoms with Gasteiger partial charge >= 0.3 is 0 Å². The number of halogens is 3. The Bertz CT molecular complexity index is 348. The van der Waals surface area contributed by atoms with Gasteiger partial charge in [0.2, 0.25) is 0 Å². The van der Waals surface area contributed by atoms with Gasteiger partial charge in [-0.25, -0.2) is 13.2 Å². The molecule has 1 nitrogen and oxygen atoms in total. The van der Waals surface area contributed by atoms with E-state index in [1.54, 1.807) is 13.8 Å². The fourth-order valence-electron chi connectivity index (χ4n) is 1.43. The van der Waals surface area contributed by atoms with Crippen molar-refractivity contribution in [3.05, 3.63) is 35.1 Å².